The maximum absolute atomic E-state index is 13.2. The van der Waals surface area contributed by atoms with Gasteiger partial charge in [0.1, 0.15) is 0 Å². The zero-order chi connectivity index (χ0) is 19.5. The van der Waals surface area contributed by atoms with E-state index in [0.717, 1.165) is 49.0 Å². The number of benzene rings is 2. The van der Waals surface area contributed by atoms with Crippen molar-refractivity contribution in [1.29, 1.82) is 0 Å². The van der Waals surface area contributed by atoms with Crippen molar-refractivity contribution in [3.63, 3.8) is 0 Å². The third-order valence-electron chi connectivity index (χ3n) is 5.86. The van der Waals surface area contributed by atoms with E-state index in [9.17, 15) is 9.59 Å². The molecule has 2 aromatic rings. The SMILES string of the molecule is C=CCc1ccc(C(=O)N2C[C@H]3CC[C@@H]2CN(C(=O)c2ccccc2)C3)cc1. The Bertz CT molecular complexity index is 860. The van der Waals surface area contributed by atoms with Crippen LogP contribution in [0.25, 0.3) is 0 Å². The first-order valence-corrected chi connectivity index (χ1v) is 10.0. The van der Waals surface area contributed by atoms with Gasteiger partial charge in [0.2, 0.25) is 0 Å². The number of carbonyl (C=O) groups excluding carboxylic acids is 2. The highest BCUT2D eigenvalue weighted by Crippen LogP contribution is 2.30. The maximum atomic E-state index is 13.2. The molecule has 0 aliphatic carbocycles. The average molecular weight is 374 g/mol. The Morgan fingerprint density at radius 3 is 2.32 bits per heavy atom. The Kier molecular flexibility index (Phi) is 5.29. The van der Waals surface area contributed by atoms with E-state index in [0.29, 0.717) is 12.5 Å². The van der Waals surface area contributed by atoms with Crippen molar-refractivity contribution < 1.29 is 9.59 Å². The summed E-state index contributed by atoms with van der Waals surface area (Å²) in [6, 6.07) is 17.3. The van der Waals surface area contributed by atoms with Crippen LogP contribution in [-0.4, -0.2) is 47.3 Å². The first kappa shape index (κ1) is 18.5. The largest absolute Gasteiger partial charge is 0.336 e. The minimum absolute atomic E-state index is 0.0700. The Morgan fingerprint density at radius 2 is 1.61 bits per heavy atom. The summed E-state index contributed by atoms with van der Waals surface area (Å²) in [6.07, 6.45) is 4.71. The summed E-state index contributed by atoms with van der Waals surface area (Å²) in [7, 11) is 0. The molecule has 5 rings (SSSR count). The van der Waals surface area contributed by atoms with E-state index in [-0.39, 0.29) is 17.9 Å². The molecule has 28 heavy (non-hydrogen) atoms. The van der Waals surface area contributed by atoms with Gasteiger partial charge >= 0.3 is 0 Å². The summed E-state index contributed by atoms with van der Waals surface area (Å²) in [4.78, 5) is 30.0. The van der Waals surface area contributed by atoms with Crippen LogP contribution in [0, 0.1) is 5.92 Å². The lowest BCUT2D eigenvalue weighted by atomic mass is 9.94. The van der Waals surface area contributed by atoms with Crippen LogP contribution in [0.2, 0.25) is 0 Å². The molecule has 0 radical (unpaired) electrons. The number of piperidine rings is 1. The number of allylic oxidation sites excluding steroid dienone is 1. The second-order valence-corrected chi connectivity index (χ2v) is 7.82. The molecule has 2 amide bonds. The number of rotatable bonds is 4. The summed E-state index contributed by atoms with van der Waals surface area (Å²) in [5.74, 6) is 0.491. The molecule has 0 spiro atoms. The fourth-order valence-corrected chi connectivity index (χ4v) is 4.38. The highest BCUT2D eigenvalue weighted by molar-refractivity contribution is 5.96. The minimum Gasteiger partial charge on any atom is -0.336 e. The fraction of sp³-hybridized carbons (Fsp3) is 0.333. The van der Waals surface area contributed by atoms with Gasteiger partial charge in [-0.1, -0.05) is 36.4 Å². The van der Waals surface area contributed by atoms with Gasteiger partial charge in [0.05, 0.1) is 0 Å². The number of hydrogen-bond donors (Lipinski definition) is 0. The van der Waals surface area contributed by atoms with E-state index in [2.05, 4.69) is 6.58 Å². The molecule has 3 aliphatic heterocycles. The normalized spacial score (nSPS) is 21.3. The van der Waals surface area contributed by atoms with E-state index >= 15 is 0 Å². The Morgan fingerprint density at radius 1 is 0.893 bits per heavy atom. The second kappa shape index (κ2) is 8.01. The molecule has 4 nitrogen and oxygen atoms in total. The van der Waals surface area contributed by atoms with Crippen molar-refractivity contribution in [3.8, 4) is 0 Å². The van der Waals surface area contributed by atoms with E-state index in [1.54, 1.807) is 0 Å². The van der Waals surface area contributed by atoms with Gasteiger partial charge in [-0.15, -0.1) is 6.58 Å². The lowest BCUT2D eigenvalue weighted by Crippen LogP contribution is -2.47. The molecule has 3 saturated heterocycles. The molecule has 2 bridgehead atoms. The number of fused-ring (bicyclic) bond motifs is 4. The summed E-state index contributed by atoms with van der Waals surface area (Å²) >= 11 is 0. The topological polar surface area (TPSA) is 40.6 Å². The van der Waals surface area contributed by atoms with E-state index in [1.165, 1.54) is 0 Å². The van der Waals surface area contributed by atoms with Crippen molar-refractivity contribution in [3.05, 3.63) is 83.9 Å². The average Bonchev–Trinajstić information content (AvgIpc) is 3.06. The first-order valence-electron chi connectivity index (χ1n) is 10.0. The van der Waals surface area contributed by atoms with Crippen LogP contribution in [-0.2, 0) is 6.42 Å². The Labute approximate surface area is 166 Å². The zero-order valence-electron chi connectivity index (χ0n) is 16.1. The van der Waals surface area contributed by atoms with Gasteiger partial charge in [-0.3, -0.25) is 9.59 Å². The Hall–Kier alpha value is -2.88. The third-order valence-corrected chi connectivity index (χ3v) is 5.86. The van der Waals surface area contributed by atoms with Gasteiger partial charge < -0.3 is 9.80 Å². The van der Waals surface area contributed by atoms with Crippen LogP contribution in [0.4, 0.5) is 0 Å². The van der Waals surface area contributed by atoms with Crippen LogP contribution in [0.1, 0.15) is 39.1 Å². The molecular weight excluding hydrogens is 348 g/mol. The van der Waals surface area contributed by atoms with Crippen molar-refractivity contribution in [1.82, 2.24) is 9.80 Å². The second-order valence-electron chi connectivity index (χ2n) is 7.82. The summed E-state index contributed by atoms with van der Waals surface area (Å²) in [5, 5.41) is 0. The van der Waals surface area contributed by atoms with Crippen molar-refractivity contribution >= 4 is 11.8 Å². The van der Waals surface area contributed by atoms with Crippen LogP contribution in [0.15, 0.2) is 67.3 Å². The van der Waals surface area contributed by atoms with E-state index < -0.39 is 0 Å². The van der Waals surface area contributed by atoms with E-state index in [4.69, 9.17) is 0 Å². The van der Waals surface area contributed by atoms with Gasteiger partial charge in [-0.05, 0) is 55.0 Å². The van der Waals surface area contributed by atoms with Gasteiger partial charge in [0.25, 0.3) is 11.8 Å². The monoisotopic (exact) mass is 374 g/mol. The van der Waals surface area contributed by atoms with Gasteiger partial charge in [-0.2, -0.15) is 0 Å². The molecule has 3 heterocycles. The molecule has 2 atom stereocenters. The lowest BCUT2D eigenvalue weighted by Gasteiger charge is -2.36. The van der Waals surface area contributed by atoms with Gasteiger partial charge in [-0.25, -0.2) is 0 Å². The quantitative estimate of drug-likeness (QED) is 0.764. The fourth-order valence-electron chi connectivity index (χ4n) is 4.38. The van der Waals surface area contributed by atoms with Gasteiger partial charge in [0.15, 0.2) is 0 Å². The molecule has 144 valence electrons. The summed E-state index contributed by atoms with van der Waals surface area (Å²) in [6.45, 7) is 5.84. The smallest absolute Gasteiger partial charge is 0.254 e. The number of hydrogen-bond acceptors (Lipinski definition) is 2. The maximum Gasteiger partial charge on any atom is 0.254 e. The van der Waals surface area contributed by atoms with Crippen LogP contribution in [0.3, 0.4) is 0 Å². The van der Waals surface area contributed by atoms with Crippen molar-refractivity contribution in [2.24, 2.45) is 5.92 Å². The minimum atomic E-state index is 0.0700. The van der Waals surface area contributed by atoms with Crippen molar-refractivity contribution in [2.45, 2.75) is 25.3 Å². The highest BCUT2D eigenvalue weighted by atomic mass is 16.2. The number of carbonyl (C=O) groups is 2. The molecule has 2 aromatic carbocycles. The molecule has 3 aliphatic rings. The van der Waals surface area contributed by atoms with Crippen LogP contribution >= 0.6 is 0 Å². The van der Waals surface area contributed by atoms with Gasteiger partial charge in [0, 0.05) is 36.8 Å². The highest BCUT2D eigenvalue weighted by Gasteiger charge is 2.38. The van der Waals surface area contributed by atoms with Crippen LogP contribution in [0.5, 0.6) is 0 Å². The van der Waals surface area contributed by atoms with Crippen molar-refractivity contribution in [2.75, 3.05) is 19.6 Å². The first-order chi connectivity index (χ1) is 13.7. The molecule has 0 N–H and O–H groups in total. The zero-order valence-corrected chi connectivity index (χ0v) is 16.1. The summed E-state index contributed by atoms with van der Waals surface area (Å²) < 4.78 is 0. The molecule has 0 unspecified atom stereocenters. The standard InChI is InChI=1S/C24H26N2O2/c1-2-6-18-9-12-21(13-10-18)24(28)26-16-19-11-14-22(26)17-25(15-19)23(27)20-7-4-3-5-8-20/h2-5,7-10,12-13,19,22H,1,6,11,14-17H2/t19-,22+/m0/s1. The molecule has 4 heteroatoms. The molecule has 3 fully saturated rings. The van der Waals surface area contributed by atoms with E-state index in [1.807, 2.05) is 70.5 Å². The number of amides is 2. The molecule has 0 saturated carbocycles. The Balaban J connectivity index is 1.51. The molecule has 0 aromatic heterocycles. The lowest BCUT2D eigenvalue weighted by molar-refractivity contribution is 0.0574. The van der Waals surface area contributed by atoms with Crippen LogP contribution < -0.4 is 0 Å². The predicted octanol–water partition coefficient (Wildman–Crippen LogP) is 3.79. The number of nitrogens with zero attached hydrogens (tertiary/aromatic N) is 2. The predicted molar refractivity (Wildman–Crippen MR) is 110 cm³/mol. The third kappa shape index (κ3) is 3.72. The molecular formula is C24H26N2O2. The summed E-state index contributed by atoms with van der Waals surface area (Å²) in [5.41, 5.74) is 2.60.